The van der Waals surface area contributed by atoms with E-state index in [4.69, 9.17) is 12.2 Å². The average Bonchev–Trinajstić information content (AvgIpc) is 2.64. The van der Waals surface area contributed by atoms with Crippen molar-refractivity contribution in [1.29, 1.82) is 0 Å². The normalized spacial score (nSPS) is 22.9. The molecule has 1 aliphatic heterocycles. The minimum atomic E-state index is 0.192. The first-order valence-electron chi connectivity index (χ1n) is 3.61. The number of thiocarbonyl (C=S) groups is 1. The molecule has 2 N–H and O–H groups in total. The Hall–Kier alpha value is -0.650. The highest BCUT2D eigenvalue weighted by Gasteiger charge is 2.25. The molecule has 0 radical (unpaired) electrons. The molecular weight excluding hydrogens is 190 g/mol. The fraction of sp³-hybridized carbons (Fsp3) is 0.286. The summed E-state index contributed by atoms with van der Waals surface area (Å²) in [6, 6.07) is 4.13. The Labute approximate surface area is 80.3 Å². The van der Waals surface area contributed by atoms with E-state index in [-0.39, 0.29) is 6.17 Å². The minimum Gasteiger partial charge on any atom is -0.329 e. The van der Waals surface area contributed by atoms with E-state index in [1.54, 1.807) is 11.3 Å². The van der Waals surface area contributed by atoms with E-state index in [0.717, 1.165) is 5.11 Å². The molecule has 1 aromatic rings. The number of hydrogen-bond acceptors (Lipinski definition) is 3. The van der Waals surface area contributed by atoms with Gasteiger partial charge in [0, 0.05) is 11.9 Å². The first kappa shape index (κ1) is 7.97. The Morgan fingerprint density at radius 1 is 1.67 bits per heavy atom. The summed E-state index contributed by atoms with van der Waals surface area (Å²) in [7, 11) is 1.97. The van der Waals surface area contributed by atoms with Gasteiger partial charge in [-0.25, -0.2) is 5.43 Å². The molecule has 0 saturated carbocycles. The van der Waals surface area contributed by atoms with Crippen molar-refractivity contribution in [2.24, 2.45) is 0 Å². The number of hydrogen-bond donors (Lipinski definition) is 2. The molecule has 0 aliphatic carbocycles. The van der Waals surface area contributed by atoms with Gasteiger partial charge in [0.25, 0.3) is 0 Å². The zero-order chi connectivity index (χ0) is 8.55. The molecular formula is C7H9N3S2. The molecule has 12 heavy (non-hydrogen) atoms. The Bertz CT molecular complexity index is 283. The Morgan fingerprint density at radius 2 is 2.50 bits per heavy atom. The molecule has 1 atom stereocenters. The summed E-state index contributed by atoms with van der Waals surface area (Å²) < 4.78 is 0. The van der Waals surface area contributed by atoms with E-state index < -0.39 is 0 Å². The van der Waals surface area contributed by atoms with Crippen LogP contribution in [0.3, 0.4) is 0 Å². The van der Waals surface area contributed by atoms with E-state index in [1.807, 2.05) is 18.0 Å². The molecule has 1 aliphatic rings. The van der Waals surface area contributed by atoms with Gasteiger partial charge in [-0.3, -0.25) is 5.43 Å². The molecule has 0 bridgehead atoms. The maximum atomic E-state index is 5.05. The molecule has 1 fully saturated rings. The van der Waals surface area contributed by atoms with Gasteiger partial charge in [-0.05, 0) is 23.7 Å². The molecule has 0 spiro atoms. The van der Waals surface area contributed by atoms with Gasteiger partial charge in [0.2, 0.25) is 0 Å². The van der Waals surface area contributed by atoms with Gasteiger partial charge >= 0.3 is 0 Å². The number of hydrazine groups is 1. The third-order valence-corrected chi connectivity index (χ3v) is 3.15. The number of rotatable bonds is 1. The third-order valence-electron chi connectivity index (χ3n) is 1.84. The van der Waals surface area contributed by atoms with Crippen molar-refractivity contribution < 1.29 is 0 Å². The van der Waals surface area contributed by atoms with Gasteiger partial charge in [0.05, 0.1) is 0 Å². The van der Waals surface area contributed by atoms with Crippen LogP contribution < -0.4 is 10.9 Å². The van der Waals surface area contributed by atoms with E-state index in [9.17, 15) is 0 Å². The Morgan fingerprint density at radius 3 is 3.00 bits per heavy atom. The molecule has 2 rings (SSSR count). The van der Waals surface area contributed by atoms with Crippen molar-refractivity contribution in [3.63, 3.8) is 0 Å². The summed E-state index contributed by atoms with van der Waals surface area (Å²) in [5, 5.41) is 2.81. The van der Waals surface area contributed by atoms with E-state index in [0.29, 0.717) is 0 Å². The summed E-state index contributed by atoms with van der Waals surface area (Å²) in [5.41, 5.74) is 6.03. The highest BCUT2D eigenvalue weighted by molar-refractivity contribution is 7.80. The van der Waals surface area contributed by atoms with Crippen molar-refractivity contribution >= 4 is 28.7 Å². The third kappa shape index (κ3) is 1.20. The standard InChI is InChI=1S/C7H9N3S2/c1-10-6(8-9-7(10)11)5-3-2-4-12-5/h2-4,6,8H,1H3,(H,9,11). The second kappa shape index (κ2) is 3.01. The second-order valence-corrected chi connectivity index (χ2v) is 3.97. The number of nitrogens with one attached hydrogen (secondary N) is 2. The summed E-state index contributed by atoms with van der Waals surface area (Å²) in [6.45, 7) is 0. The van der Waals surface area contributed by atoms with E-state index in [1.165, 1.54) is 4.88 Å². The van der Waals surface area contributed by atoms with Crippen molar-refractivity contribution in [3.8, 4) is 0 Å². The van der Waals surface area contributed by atoms with Gasteiger partial charge in [0.15, 0.2) is 5.11 Å². The smallest absolute Gasteiger partial charge is 0.184 e. The van der Waals surface area contributed by atoms with Gasteiger partial charge in [-0.15, -0.1) is 11.3 Å². The van der Waals surface area contributed by atoms with Crippen molar-refractivity contribution in [1.82, 2.24) is 15.8 Å². The van der Waals surface area contributed by atoms with E-state index >= 15 is 0 Å². The highest BCUT2D eigenvalue weighted by Crippen LogP contribution is 2.23. The van der Waals surface area contributed by atoms with E-state index in [2.05, 4.69) is 22.3 Å². The van der Waals surface area contributed by atoms with Crippen molar-refractivity contribution in [2.75, 3.05) is 7.05 Å². The highest BCUT2D eigenvalue weighted by atomic mass is 32.1. The van der Waals surface area contributed by atoms with Crippen LogP contribution in [-0.4, -0.2) is 17.1 Å². The first-order valence-corrected chi connectivity index (χ1v) is 4.89. The topological polar surface area (TPSA) is 27.3 Å². The van der Waals surface area contributed by atoms with Crippen molar-refractivity contribution in [3.05, 3.63) is 22.4 Å². The molecule has 1 aromatic heterocycles. The fourth-order valence-corrected chi connectivity index (χ4v) is 2.12. The summed E-state index contributed by atoms with van der Waals surface area (Å²) in [4.78, 5) is 3.27. The van der Waals surface area contributed by atoms with Crippen LogP contribution in [0.25, 0.3) is 0 Å². The van der Waals surface area contributed by atoms with Gasteiger partial charge in [0.1, 0.15) is 6.17 Å². The maximum absolute atomic E-state index is 5.05. The Kier molecular flexibility index (Phi) is 2.00. The molecule has 3 nitrogen and oxygen atoms in total. The predicted molar refractivity (Wildman–Crippen MR) is 53.7 cm³/mol. The maximum Gasteiger partial charge on any atom is 0.184 e. The molecule has 2 heterocycles. The van der Waals surface area contributed by atoms with Crippen LogP contribution in [0.15, 0.2) is 17.5 Å². The molecule has 0 amide bonds. The quantitative estimate of drug-likeness (QED) is 0.662. The predicted octanol–water partition coefficient (Wildman–Crippen LogP) is 1.07. The van der Waals surface area contributed by atoms with Crippen LogP contribution >= 0.6 is 23.6 Å². The SMILES string of the molecule is CN1C(=S)NNC1c1cccs1. The average molecular weight is 199 g/mol. The van der Waals surface area contributed by atoms with Gasteiger partial charge in [-0.2, -0.15) is 0 Å². The largest absolute Gasteiger partial charge is 0.329 e. The molecule has 1 saturated heterocycles. The molecule has 5 heteroatoms. The summed E-state index contributed by atoms with van der Waals surface area (Å²) >= 11 is 6.77. The van der Waals surface area contributed by atoms with Crippen LogP contribution in [0, 0.1) is 0 Å². The zero-order valence-electron chi connectivity index (χ0n) is 6.57. The molecule has 1 unspecified atom stereocenters. The zero-order valence-corrected chi connectivity index (χ0v) is 8.21. The van der Waals surface area contributed by atoms with Crippen LogP contribution in [0.4, 0.5) is 0 Å². The first-order chi connectivity index (χ1) is 5.79. The van der Waals surface area contributed by atoms with Crippen molar-refractivity contribution in [2.45, 2.75) is 6.17 Å². The monoisotopic (exact) mass is 199 g/mol. The minimum absolute atomic E-state index is 0.192. The molecule has 0 aromatic carbocycles. The lowest BCUT2D eigenvalue weighted by molar-refractivity contribution is 0.373. The van der Waals surface area contributed by atoms with Crippen LogP contribution in [0.1, 0.15) is 11.0 Å². The summed E-state index contributed by atoms with van der Waals surface area (Å²) in [6.07, 6.45) is 0.192. The Balaban J connectivity index is 2.21. The van der Waals surface area contributed by atoms with Crippen LogP contribution in [0.2, 0.25) is 0 Å². The lowest BCUT2D eigenvalue weighted by atomic mass is 10.4. The van der Waals surface area contributed by atoms with Gasteiger partial charge in [-0.1, -0.05) is 6.07 Å². The fourth-order valence-electron chi connectivity index (χ4n) is 1.14. The van der Waals surface area contributed by atoms with Gasteiger partial charge < -0.3 is 4.90 Å². The second-order valence-electron chi connectivity index (χ2n) is 2.60. The number of nitrogens with zero attached hydrogens (tertiary/aromatic N) is 1. The number of thiophene rings is 1. The van der Waals surface area contributed by atoms with Crippen LogP contribution in [0.5, 0.6) is 0 Å². The molecule has 64 valence electrons. The van der Waals surface area contributed by atoms with Crippen LogP contribution in [-0.2, 0) is 0 Å². The lowest BCUT2D eigenvalue weighted by Gasteiger charge is -2.16. The lowest BCUT2D eigenvalue weighted by Crippen LogP contribution is -2.26. The summed E-state index contributed by atoms with van der Waals surface area (Å²) in [5.74, 6) is 0.